The van der Waals surface area contributed by atoms with Crippen LogP contribution < -0.4 is 25.8 Å². The smallest absolute Gasteiger partial charge is 0.271 e. The van der Waals surface area contributed by atoms with Crippen LogP contribution in [0.5, 0.6) is 11.5 Å². The SMILES string of the molecule is Cc1cc2c(cc1Sc1nc(C(N)=O)c(NC(=O)C3CC3)n1CCCNC(C)C)OCO2. The molecule has 1 fully saturated rings. The molecule has 2 heterocycles. The van der Waals surface area contributed by atoms with Crippen LogP contribution in [0.3, 0.4) is 0 Å². The Hall–Kier alpha value is -2.72. The minimum atomic E-state index is -0.667. The zero-order valence-electron chi connectivity index (χ0n) is 18.6. The normalized spacial score (nSPS) is 14.8. The maximum Gasteiger partial charge on any atom is 0.271 e. The Morgan fingerprint density at radius 1 is 1.28 bits per heavy atom. The summed E-state index contributed by atoms with van der Waals surface area (Å²) in [6.07, 6.45) is 2.52. The number of aromatic nitrogens is 2. The molecule has 4 rings (SSSR count). The Morgan fingerprint density at radius 2 is 2.00 bits per heavy atom. The zero-order valence-corrected chi connectivity index (χ0v) is 19.4. The molecular weight excluding hydrogens is 430 g/mol. The molecule has 0 bridgehead atoms. The second-order valence-electron chi connectivity index (χ2n) is 8.41. The molecule has 2 aromatic rings. The molecule has 2 aliphatic rings. The molecule has 0 atom stereocenters. The number of benzene rings is 1. The van der Waals surface area contributed by atoms with Crippen LogP contribution in [0, 0.1) is 12.8 Å². The van der Waals surface area contributed by atoms with E-state index in [1.165, 1.54) is 11.8 Å². The van der Waals surface area contributed by atoms with Gasteiger partial charge in [0.15, 0.2) is 22.3 Å². The quantitative estimate of drug-likeness (QED) is 0.467. The molecule has 1 aromatic carbocycles. The number of fused-ring (bicyclic) bond motifs is 1. The fourth-order valence-electron chi connectivity index (χ4n) is 3.44. The van der Waals surface area contributed by atoms with Gasteiger partial charge in [0, 0.05) is 23.4 Å². The van der Waals surface area contributed by atoms with Gasteiger partial charge in [0.25, 0.3) is 5.91 Å². The van der Waals surface area contributed by atoms with Gasteiger partial charge in [0.05, 0.1) is 0 Å². The third-order valence-corrected chi connectivity index (χ3v) is 6.49. The van der Waals surface area contributed by atoms with Crippen molar-refractivity contribution in [2.75, 3.05) is 18.7 Å². The Balaban J connectivity index is 1.66. The first-order chi connectivity index (χ1) is 15.3. The highest BCUT2D eigenvalue weighted by atomic mass is 32.2. The highest BCUT2D eigenvalue weighted by molar-refractivity contribution is 7.99. The molecular formula is C22H29N5O4S. The number of imidazole rings is 1. The number of rotatable bonds is 10. The first kappa shape index (κ1) is 22.5. The molecule has 32 heavy (non-hydrogen) atoms. The summed E-state index contributed by atoms with van der Waals surface area (Å²) in [6, 6.07) is 4.21. The van der Waals surface area contributed by atoms with Crippen LogP contribution in [0.25, 0.3) is 0 Å². The fourth-order valence-corrected chi connectivity index (χ4v) is 4.45. The number of anilines is 1. The predicted octanol–water partition coefficient (Wildman–Crippen LogP) is 2.91. The Bertz CT molecular complexity index is 1030. The van der Waals surface area contributed by atoms with Crippen molar-refractivity contribution in [3.63, 3.8) is 0 Å². The number of carbonyl (C=O) groups excluding carboxylic acids is 2. The van der Waals surface area contributed by atoms with Gasteiger partial charge in [0.1, 0.15) is 5.82 Å². The molecule has 1 aliphatic heterocycles. The van der Waals surface area contributed by atoms with E-state index < -0.39 is 5.91 Å². The van der Waals surface area contributed by atoms with Gasteiger partial charge < -0.3 is 30.4 Å². The van der Waals surface area contributed by atoms with Gasteiger partial charge in [0.2, 0.25) is 12.7 Å². The number of nitrogens with zero attached hydrogens (tertiary/aromatic N) is 2. The second kappa shape index (κ2) is 9.41. The van der Waals surface area contributed by atoms with Crippen molar-refractivity contribution < 1.29 is 19.1 Å². The number of nitrogens with two attached hydrogens (primary N) is 1. The van der Waals surface area contributed by atoms with Crippen LogP contribution in [0.15, 0.2) is 22.2 Å². The van der Waals surface area contributed by atoms with Crippen molar-refractivity contribution in [1.82, 2.24) is 14.9 Å². The number of amides is 2. The van der Waals surface area contributed by atoms with E-state index in [1.54, 1.807) is 0 Å². The van der Waals surface area contributed by atoms with Crippen molar-refractivity contribution in [2.24, 2.45) is 11.7 Å². The van der Waals surface area contributed by atoms with E-state index in [9.17, 15) is 9.59 Å². The molecule has 0 saturated heterocycles. The third kappa shape index (κ3) is 5.02. The summed E-state index contributed by atoms with van der Waals surface area (Å²) in [6.45, 7) is 7.73. The lowest BCUT2D eigenvalue weighted by molar-refractivity contribution is -0.117. The number of ether oxygens (including phenoxy) is 2. The van der Waals surface area contributed by atoms with Gasteiger partial charge in [-0.05, 0) is 50.4 Å². The van der Waals surface area contributed by atoms with Crippen LogP contribution in [0.2, 0.25) is 0 Å². The molecule has 0 spiro atoms. The largest absolute Gasteiger partial charge is 0.454 e. The average Bonchev–Trinajstić information content (AvgIpc) is 3.41. The van der Waals surface area contributed by atoms with Gasteiger partial charge in [-0.15, -0.1) is 0 Å². The van der Waals surface area contributed by atoms with Crippen LogP contribution in [0.1, 0.15) is 49.2 Å². The van der Waals surface area contributed by atoms with Crippen LogP contribution >= 0.6 is 11.8 Å². The first-order valence-corrected chi connectivity index (χ1v) is 11.7. The molecule has 10 heteroatoms. The van der Waals surface area contributed by atoms with Crippen molar-refractivity contribution in [2.45, 2.75) is 62.7 Å². The molecule has 1 aromatic heterocycles. The van der Waals surface area contributed by atoms with Gasteiger partial charge in [-0.2, -0.15) is 0 Å². The maximum atomic E-state index is 12.5. The highest BCUT2D eigenvalue weighted by Gasteiger charge is 2.32. The minimum absolute atomic E-state index is 0.00566. The Kier molecular flexibility index (Phi) is 6.61. The molecule has 1 saturated carbocycles. The monoisotopic (exact) mass is 459 g/mol. The van der Waals surface area contributed by atoms with Gasteiger partial charge in [-0.25, -0.2) is 4.98 Å². The molecule has 172 valence electrons. The fraction of sp³-hybridized carbons (Fsp3) is 0.500. The maximum absolute atomic E-state index is 12.5. The van der Waals surface area contributed by atoms with Crippen molar-refractivity contribution in [1.29, 1.82) is 0 Å². The predicted molar refractivity (Wildman–Crippen MR) is 121 cm³/mol. The van der Waals surface area contributed by atoms with Gasteiger partial charge >= 0.3 is 0 Å². The van der Waals surface area contributed by atoms with Gasteiger partial charge in [-0.3, -0.25) is 9.59 Å². The van der Waals surface area contributed by atoms with E-state index in [1.807, 2.05) is 23.6 Å². The van der Waals surface area contributed by atoms with Crippen molar-refractivity contribution in [3.8, 4) is 11.5 Å². The summed E-state index contributed by atoms with van der Waals surface area (Å²) < 4.78 is 12.9. The van der Waals surface area contributed by atoms with E-state index in [4.69, 9.17) is 15.2 Å². The topological polar surface area (TPSA) is 120 Å². The third-order valence-electron chi connectivity index (χ3n) is 5.34. The molecule has 0 radical (unpaired) electrons. The Labute approximate surface area is 191 Å². The molecule has 1 aliphatic carbocycles. The van der Waals surface area contributed by atoms with E-state index in [0.29, 0.717) is 35.1 Å². The van der Waals surface area contributed by atoms with Gasteiger partial charge in [-0.1, -0.05) is 25.6 Å². The molecule has 0 unspecified atom stereocenters. The summed E-state index contributed by atoms with van der Waals surface area (Å²) in [5.41, 5.74) is 6.71. The summed E-state index contributed by atoms with van der Waals surface area (Å²) in [5, 5.41) is 6.90. The summed E-state index contributed by atoms with van der Waals surface area (Å²) in [4.78, 5) is 30.2. The summed E-state index contributed by atoms with van der Waals surface area (Å²) in [7, 11) is 0. The van der Waals surface area contributed by atoms with E-state index >= 15 is 0 Å². The average molecular weight is 460 g/mol. The summed E-state index contributed by atoms with van der Waals surface area (Å²) >= 11 is 1.41. The number of primary amides is 1. The molecule has 9 nitrogen and oxygen atoms in total. The van der Waals surface area contributed by atoms with E-state index in [2.05, 4.69) is 29.5 Å². The number of aryl methyl sites for hydroxylation is 1. The standard InChI is InChI=1S/C22H29N5O4S/c1-12(2)24-7-4-8-27-20(26-21(29)14-5-6-14)18(19(23)28)25-22(27)32-17-10-16-15(9-13(17)3)30-11-31-16/h9-10,12,14,24H,4-8,11H2,1-3H3,(H2,23,28)(H,26,29). The van der Waals surface area contributed by atoms with Crippen LogP contribution in [-0.4, -0.2) is 40.7 Å². The van der Waals surface area contributed by atoms with E-state index in [0.717, 1.165) is 36.3 Å². The minimum Gasteiger partial charge on any atom is -0.454 e. The number of carbonyl (C=O) groups is 2. The van der Waals surface area contributed by atoms with Crippen LogP contribution in [0.4, 0.5) is 5.82 Å². The van der Waals surface area contributed by atoms with Crippen molar-refractivity contribution in [3.05, 3.63) is 23.4 Å². The molecule has 4 N–H and O–H groups in total. The lowest BCUT2D eigenvalue weighted by atomic mass is 10.2. The van der Waals surface area contributed by atoms with E-state index in [-0.39, 0.29) is 24.3 Å². The second-order valence-corrected chi connectivity index (χ2v) is 9.42. The van der Waals surface area contributed by atoms with Crippen LogP contribution in [-0.2, 0) is 11.3 Å². The Morgan fingerprint density at radius 3 is 2.66 bits per heavy atom. The lowest BCUT2D eigenvalue weighted by Gasteiger charge is -2.15. The zero-order chi connectivity index (χ0) is 22.8. The number of hydrogen-bond acceptors (Lipinski definition) is 7. The van der Waals surface area contributed by atoms with Crippen molar-refractivity contribution >= 4 is 29.4 Å². The first-order valence-electron chi connectivity index (χ1n) is 10.9. The lowest BCUT2D eigenvalue weighted by Crippen LogP contribution is -2.25. The number of nitrogens with one attached hydrogen (secondary N) is 2. The summed E-state index contributed by atoms with van der Waals surface area (Å²) in [5.74, 6) is 0.998. The molecule has 2 amide bonds. The number of hydrogen-bond donors (Lipinski definition) is 3. The highest BCUT2D eigenvalue weighted by Crippen LogP contribution is 2.41.